The summed E-state index contributed by atoms with van der Waals surface area (Å²) < 4.78 is 0. The molecule has 33 heavy (non-hydrogen) atoms. The molecule has 2 aliphatic rings. The Balaban J connectivity index is 1.24. The number of anilines is 2. The molecule has 1 aliphatic carbocycles. The van der Waals surface area contributed by atoms with Gasteiger partial charge >= 0.3 is 0 Å². The predicted octanol–water partition coefficient (Wildman–Crippen LogP) is 4.69. The van der Waals surface area contributed by atoms with Gasteiger partial charge in [-0.2, -0.15) is 0 Å². The summed E-state index contributed by atoms with van der Waals surface area (Å²) in [4.78, 5) is 28.5. The van der Waals surface area contributed by atoms with E-state index in [0.717, 1.165) is 57.7 Å². The fourth-order valence-corrected chi connectivity index (χ4v) is 5.39. The fourth-order valence-electron chi connectivity index (χ4n) is 5.39. The van der Waals surface area contributed by atoms with Gasteiger partial charge in [-0.1, -0.05) is 43.5 Å². The van der Waals surface area contributed by atoms with Crippen LogP contribution in [0, 0.1) is 5.92 Å². The Kier molecular flexibility index (Phi) is 6.63. The van der Waals surface area contributed by atoms with Crippen LogP contribution in [0.2, 0.25) is 0 Å². The minimum Gasteiger partial charge on any atom is -0.356 e. The summed E-state index contributed by atoms with van der Waals surface area (Å²) in [5, 5.41) is 1.26. The maximum absolute atomic E-state index is 13.5. The van der Waals surface area contributed by atoms with E-state index in [-0.39, 0.29) is 17.9 Å². The molecule has 0 spiro atoms. The molecular formula is C27H35N5O. The van der Waals surface area contributed by atoms with Crippen LogP contribution >= 0.6 is 0 Å². The number of hydrogen-bond donors (Lipinski definition) is 1. The molecule has 1 N–H and O–H groups in total. The second-order valence-electron chi connectivity index (χ2n) is 9.59. The lowest BCUT2D eigenvalue weighted by molar-refractivity contribution is -0.123. The number of amides is 1. The lowest BCUT2D eigenvalue weighted by atomic mass is 9.88. The van der Waals surface area contributed by atoms with Gasteiger partial charge in [0.15, 0.2) is 0 Å². The Labute approximate surface area is 196 Å². The standard InChI is InChI=1S/C27H35N5O/c1-21(20-32(25-13-7-8-14-28-25)27(33)22-9-3-2-4-10-22)30-15-17-31(18-16-30)26-19-23-11-5-6-12-24(23)29-26/h5-8,11-14,19,21-22,29H,2-4,9-10,15-18,20H2,1H3. The molecule has 0 bridgehead atoms. The number of carbonyl (C=O) groups excluding carboxylic acids is 1. The Bertz CT molecular complexity index is 1020. The van der Waals surface area contributed by atoms with Gasteiger partial charge in [0.05, 0.1) is 0 Å². The monoisotopic (exact) mass is 445 g/mol. The van der Waals surface area contributed by atoms with Crippen LogP contribution in [0.1, 0.15) is 39.0 Å². The van der Waals surface area contributed by atoms with Crippen molar-refractivity contribution in [1.29, 1.82) is 0 Å². The van der Waals surface area contributed by atoms with Gasteiger partial charge in [-0.05, 0) is 44.0 Å². The summed E-state index contributed by atoms with van der Waals surface area (Å²) in [5.41, 5.74) is 1.19. The average Bonchev–Trinajstić information content (AvgIpc) is 3.32. The molecule has 1 aliphatic heterocycles. The normalized spacial score (nSPS) is 19.0. The van der Waals surface area contributed by atoms with E-state index in [4.69, 9.17) is 0 Å². The van der Waals surface area contributed by atoms with E-state index in [1.165, 1.54) is 23.1 Å². The maximum Gasteiger partial charge on any atom is 0.231 e. The van der Waals surface area contributed by atoms with E-state index in [2.05, 4.69) is 57.0 Å². The van der Waals surface area contributed by atoms with Gasteiger partial charge in [0.2, 0.25) is 5.91 Å². The molecule has 6 heteroatoms. The van der Waals surface area contributed by atoms with Crippen molar-refractivity contribution in [2.45, 2.75) is 45.1 Å². The number of H-pyrrole nitrogens is 1. The van der Waals surface area contributed by atoms with Crippen LogP contribution in [0.25, 0.3) is 10.9 Å². The zero-order valence-electron chi connectivity index (χ0n) is 19.6. The SMILES string of the molecule is CC(CN(C(=O)C1CCCCC1)c1ccccn1)N1CCN(c2cc3ccccc3[nH]2)CC1. The molecular weight excluding hydrogens is 410 g/mol. The van der Waals surface area contributed by atoms with E-state index in [9.17, 15) is 4.79 Å². The summed E-state index contributed by atoms with van der Waals surface area (Å²) in [6, 6.07) is 16.8. The largest absolute Gasteiger partial charge is 0.356 e. The molecule has 1 saturated carbocycles. The number of piperazine rings is 1. The van der Waals surface area contributed by atoms with Crippen LogP contribution in [0.3, 0.4) is 0 Å². The topological polar surface area (TPSA) is 55.5 Å². The highest BCUT2D eigenvalue weighted by Crippen LogP contribution is 2.28. The third-order valence-corrected chi connectivity index (χ3v) is 7.39. The van der Waals surface area contributed by atoms with Crippen molar-refractivity contribution < 1.29 is 4.79 Å². The molecule has 6 nitrogen and oxygen atoms in total. The van der Waals surface area contributed by atoms with Crippen LogP contribution in [-0.2, 0) is 4.79 Å². The van der Waals surface area contributed by atoms with Crippen molar-refractivity contribution >= 4 is 28.4 Å². The van der Waals surface area contributed by atoms with Gasteiger partial charge in [0.1, 0.15) is 11.6 Å². The number of aromatic amines is 1. The predicted molar refractivity (Wildman–Crippen MR) is 135 cm³/mol. The van der Waals surface area contributed by atoms with Gasteiger partial charge in [-0.25, -0.2) is 4.98 Å². The molecule has 3 heterocycles. The zero-order chi connectivity index (χ0) is 22.6. The lowest BCUT2D eigenvalue weighted by Crippen LogP contribution is -2.53. The highest BCUT2D eigenvalue weighted by molar-refractivity contribution is 5.94. The number of fused-ring (bicyclic) bond motifs is 1. The number of hydrogen-bond acceptors (Lipinski definition) is 4. The fraction of sp³-hybridized carbons (Fsp3) is 0.481. The molecule has 2 aromatic heterocycles. The molecule has 2 fully saturated rings. The highest BCUT2D eigenvalue weighted by Gasteiger charge is 2.30. The average molecular weight is 446 g/mol. The second kappa shape index (κ2) is 9.96. The number of aromatic nitrogens is 2. The van der Waals surface area contributed by atoms with Crippen LogP contribution in [0.4, 0.5) is 11.6 Å². The molecule has 1 atom stereocenters. The molecule has 1 saturated heterocycles. The van der Waals surface area contributed by atoms with Crippen LogP contribution in [0.5, 0.6) is 0 Å². The van der Waals surface area contributed by atoms with Crippen LogP contribution < -0.4 is 9.80 Å². The molecule has 5 rings (SSSR count). The van der Waals surface area contributed by atoms with Crippen LogP contribution in [0.15, 0.2) is 54.7 Å². The molecule has 1 aromatic carbocycles. The van der Waals surface area contributed by atoms with E-state index < -0.39 is 0 Å². The van der Waals surface area contributed by atoms with Crippen LogP contribution in [-0.4, -0.2) is 59.5 Å². The molecule has 1 amide bonds. The quantitative estimate of drug-likeness (QED) is 0.598. The Morgan fingerprint density at radius 2 is 1.82 bits per heavy atom. The second-order valence-corrected chi connectivity index (χ2v) is 9.59. The Morgan fingerprint density at radius 1 is 1.06 bits per heavy atom. The first-order valence-electron chi connectivity index (χ1n) is 12.5. The number of rotatable bonds is 6. The summed E-state index contributed by atoms with van der Waals surface area (Å²) >= 11 is 0. The van der Waals surface area contributed by atoms with Crippen molar-refractivity contribution in [2.75, 3.05) is 42.5 Å². The van der Waals surface area contributed by atoms with E-state index in [1.54, 1.807) is 6.20 Å². The smallest absolute Gasteiger partial charge is 0.231 e. The first kappa shape index (κ1) is 22.0. The first-order valence-corrected chi connectivity index (χ1v) is 12.5. The number of benzene rings is 1. The van der Waals surface area contributed by atoms with E-state index in [1.807, 2.05) is 23.1 Å². The van der Waals surface area contributed by atoms with Crippen molar-refractivity contribution in [3.8, 4) is 0 Å². The third-order valence-electron chi connectivity index (χ3n) is 7.39. The van der Waals surface area contributed by atoms with Crippen molar-refractivity contribution in [2.24, 2.45) is 5.92 Å². The number of para-hydroxylation sites is 1. The van der Waals surface area contributed by atoms with Gasteiger partial charge in [0, 0.05) is 61.8 Å². The number of nitrogens with one attached hydrogen (secondary N) is 1. The molecule has 3 aromatic rings. The summed E-state index contributed by atoms with van der Waals surface area (Å²) in [6.45, 7) is 6.89. The van der Waals surface area contributed by atoms with Crippen molar-refractivity contribution in [1.82, 2.24) is 14.9 Å². The minimum atomic E-state index is 0.145. The summed E-state index contributed by atoms with van der Waals surface area (Å²) in [5.74, 6) is 2.39. The third kappa shape index (κ3) is 4.91. The van der Waals surface area contributed by atoms with Gasteiger partial charge < -0.3 is 9.88 Å². The van der Waals surface area contributed by atoms with Gasteiger partial charge in [-0.15, -0.1) is 0 Å². The Morgan fingerprint density at radius 3 is 2.55 bits per heavy atom. The maximum atomic E-state index is 13.5. The minimum absolute atomic E-state index is 0.145. The first-order chi connectivity index (χ1) is 16.2. The number of pyridine rings is 1. The number of carbonyl (C=O) groups is 1. The van der Waals surface area contributed by atoms with Crippen molar-refractivity contribution in [3.63, 3.8) is 0 Å². The highest BCUT2D eigenvalue weighted by atomic mass is 16.2. The van der Waals surface area contributed by atoms with E-state index in [0.29, 0.717) is 6.54 Å². The van der Waals surface area contributed by atoms with Gasteiger partial charge in [-0.3, -0.25) is 14.6 Å². The Hall–Kier alpha value is -2.86. The summed E-state index contributed by atoms with van der Waals surface area (Å²) in [6.07, 6.45) is 7.40. The lowest BCUT2D eigenvalue weighted by Gasteiger charge is -2.40. The molecule has 1 unspecified atom stereocenters. The van der Waals surface area contributed by atoms with Crippen molar-refractivity contribution in [3.05, 3.63) is 54.7 Å². The zero-order valence-corrected chi connectivity index (χ0v) is 19.6. The van der Waals surface area contributed by atoms with Gasteiger partial charge in [0.25, 0.3) is 0 Å². The number of nitrogens with zero attached hydrogens (tertiary/aromatic N) is 4. The molecule has 174 valence electrons. The van der Waals surface area contributed by atoms with E-state index >= 15 is 0 Å². The molecule has 0 radical (unpaired) electrons. The summed E-state index contributed by atoms with van der Waals surface area (Å²) in [7, 11) is 0.